The summed E-state index contributed by atoms with van der Waals surface area (Å²) in [7, 11) is 0. The molecule has 0 unspecified atom stereocenters. The van der Waals surface area contributed by atoms with Crippen LogP contribution < -0.4 is 0 Å². The van der Waals surface area contributed by atoms with Gasteiger partial charge >= 0.3 is 0 Å². The minimum atomic E-state index is 0.867. The fourth-order valence-corrected chi connectivity index (χ4v) is 7.85. The molecule has 4 heteroatoms. The number of imidazole rings is 1. The lowest BCUT2D eigenvalue weighted by Gasteiger charge is -2.13. The topological polar surface area (TPSA) is 35.6 Å². The lowest BCUT2D eigenvalue weighted by Crippen LogP contribution is -1.97. The van der Waals surface area contributed by atoms with Crippen molar-refractivity contribution in [2.75, 3.05) is 0 Å². The summed E-state index contributed by atoms with van der Waals surface area (Å²) in [5, 5.41) is 6.05. The second-order valence-corrected chi connectivity index (χ2v) is 12.9. The third-order valence-corrected chi connectivity index (χ3v) is 10.1. The van der Waals surface area contributed by atoms with Gasteiger partial charge in [0, 0.05) is 50.3 Å². The van der Waals surface area contributed by atoms with Crippen LogP contribution in [0.3, 0.4) is 0 Å². The number of nitrogens with zero attached hydrogens (tertiary/aromatic N) is 4. The predicted octanol–water partition coefficient (Wildman–Crippen LogP) is 11.9. The third-order valence-electron chi connectivity index (χ3n) is 10.1. The Morgan fingerprint density at radius 3 is 1.94 bits per heavy atom. The molecule has 0 saturated heterocycles. The van der Waals surface area contributed by atoms with E-state index < -0.39 is 0 Å². The summed E-state index contributed by atoms with van der Waals surface area (Å²) in [4.78, 5) is 10.3. The van der Waals surface area contributed by atoms with Crippen molar-refractivity contribution < 1.29 is 0 Å². The molecule has 0 fully saturated rings. The van der Waals surface area contributed by atoms with Crippen LogP contribution in [0.2, 0.25) is 0 Å². The van der Waals surface area contributed by atoms with Crippen molar-refractivity contribution in [1.29, 1.82) is 0 Å². The quantitative estimate of drug-likeness (QED) is 0.176. The fraction of sp³-hybridized carbons (Fsp3) is 0.0435. The number of hydrogen-bond donors (Lipinski definition) is 0. The predicted molar refractivity (Wildman–Crippen MR) is 209 cm³/mol. The van der Waals surface area contributed by atoms with E-state index in [1.165, 1.54) is 32.7 Å². The fourth-order valence-electron chi connectivity index (χ4n) is 7.85. The Hall–Kier alpha value is -6.52. The van der Waals surface area contributed by atoms with E-state index in [0.29, 0.717) is 0 Å². The van der Waals surface area contributed by atoms with E-state index in [1.807, 2.05) is 0 Å². The molecule has 0 aliphatic carbocycles. The van der Waals surface area contributed by atoms with Crippen molar-refractivity contribution in [3.63, 3.8) is 0 Å². The minimum Gasteiger partial charge on any atom is -0.324 e. The second kappa shape index (κ2) is 11.3. The largest absolute Gasteiger partial charge is 0.324 e. The number of hydrogen-bond acceptors (Lipinski definition) is 2. The molecule has 0 aliphatic rings. The number of benzene rings is 7. The molecule has 10 rings (SSSR count). The van der Waals surface area contributed by atoms with Crippen molar-refractivity contribution in [2.45, 2.75) is 13.5 Å². The smallest absolute Gasteiger partial charge is 0.141 e. The van der Waals surface area contributed by atoms with Gasteiger partial charge in [0.2, 0.25) is 0 Å². The molecule has 0 bridgehead atoms. The van der Waals surface area contributed by atoms with Crippen molar-refractivity contribution in [3.05, 3.63) is 164 Å². The molecule has 0 aliphatic heterocycles. The van der Waals surface area contributed by atoms with Gasteiger partial charge < -0.3 is 9.13 Å². The molecular formula is C46H32N4. The lowest BCUT2D eigenvalue weighted by molar-refractivity contribution is 0.796. The maximum Gasteiger partial charge on any atom is 0.141 e. The molecule has 50 heavy (non-hydrogen) atoms. The highest BCUT2D eigenvalue weighted by Gasteiger charge is 2.19. The maximum absolute atomic E-state index is 5.34. The first-order valence-corrected chi connectivity index (χ1v) is 17.2. The van der Waals surface area contributed by atoms with E-state index in [4.69, 9.17) is 9.97 Å². The first-order valence-electron chi connectivity index (χ1n) is 17.2. The zero-order valence-corrected chi connectivity index (χ0v) is 27.6. The van der Waals surface area contributed by atoms with Crippen molar-refractivity contribution in [3.8, 4) is 39.5 Å². The van der Waals surface area contributed by atoms with Gasteiger partial charge in [-0.25, -0.2) is 9.97 Å². The minimum absolute atomic E-state index is 0.867. The van der Waals surface area contributed by atoms with Crippen LogP contribution in [0.25, 0.3) is 94.0 Å². The van der Waals surface area contributed by atoms with E-state index >= 15 is 0 Å². The van der Waals surface area contributed by atoms with Crippen LogP contribution in [0.1, 0.15) is 6.92 Å². The molecule has 7 aromatic carbocycles. The Morgan fingerprint density at radius 2 is 1.12 bits per heavy atom. The monoisotopic (exact) mass is 640 g/mol. The molecule has 10 aromatic rings. The van der Waals surface area contributed by atoms with Gasteiger partial charge in [-0.3, -0.25) is 0 Å². The maximum atomic E-state index is 5.34. The van der Waals surface area contributed by atoms with Crippen LogP contribution >= 0.6 is 0 Å². The van der Waals surface area contributed by atoms with Gasteiger partial charge in [0.05, 0.1) is 33.3 Å². The average Bonchev–Trinajstić information content (AvgIpc) is 3.74. The van der Waals surface area contributed by atoms with Crippen LogP contribution in [0.15, 0.2) is 164 Å². The lowest BCUT2D eigenvalue weighted by atomic mass is 9.94. The molecule has 236 valence electrons. The van der Waals surface area contributed by atoms with Crippen LogP contribution in [-0.4, -0.2) is 19.1 Å². The SMILES string of the molecule is CCn1c(-c2ccc(-c3cccc(-c4nc5ccccc5c5c4ccc4c5c5ccccc5n4-c4ccccc4)c3)cc2)nc2ccccc21. The normalized spacial score (nSPS) is 11.8. The average molecular weight is 641 g/mol. The molecule has 0 N–H and O–H groups in total. The highest BCUT2D eigenvalue weighted by atomic mass is 15.1. The van der Waals surface area contributed by atoms with Crippen molar-refractivity contribution in [1.82, 2.24) is 19.1 Å². The molecule has 3 aromatic heterocycles. The molecule has 4 nitrogen and oxygen atoms in total. The van der Waals surface area contributed by atoms with E-state index in [9.17, 15) is 0 Å². The molecule has 0 atom stereocenters. The molecule has 0 spiro atoms. The summed E-state index contributed by atoms with van der Waals surface area (Å²) in [6.45, 7) is 3.04. The Kier molecular flexibility index (Phi) is 6.43. The summed E-state index contributed by atoms with van der Waals surface area (Å²) >= 11 is 0. The Labute approximate surface area is 289 Å². The van der Waals surface area contributed by atoms with Gasteiger partial charge in [-0.15, -0.1) is 0 Å². The summed E-state index contributed by atoms with van der Waals surface area (Å²) in [6, 6.07) is 58.5. The number of fused-ring (bicyclic) bond motifs is 8. The molecule has 3 heterocycles. The Balaban J connectivity index is 1.15. The first-order chi connectivity index (χ1) is 24.8. The summed E-state index contributed by atoms with van der Waals surface area (Å²) in [6.07, 6.45) is 0. The summed E-state index contributed by atoms with van der Waals surface area (Å²) in [5.41, 5.74) is 12.3. The van der Waals surface area contributed by atoms with Gasteiger partial charge in [-0.1, -0.05) is 115 Å². The van der Waals surface area contributed by atoms with Crippen LogP contribution in [0.4, 0.5) is 0 Å². The van der Waals surface area contributed by atoms with Gasteiger partial charge in [0.1, 0.15) is 5.82 Å². The third kappa shape index (κ3) is 4.32. The van der Waals surface area contributed by atoms with Gasteiger partial charge in [-0.2, -0.15) is 0 Å². The zero-order valence-electron chi connectivity index (χ0n) is 27.6. The number of rotatable bonds is 5. The zero-order chi connectivity index (χ0) is 33.2. The molecule has 0 amide bonds. The number of aromatic nitrogens is 4. The number of aryl methyl sites for hydroxylation is 1. The first kappa shape index (κ1) is 28.5. The van der Waals surface area contributed by atoms with Gasteiger partial charge in [0.25, 0.3) is 0 Å². The Bertz CT molecular complexity index is 2900. The summed E-state index contributed by atoms with van der Waals surface area (Å²) in [5.74, 6) is 1.00. The van der Waals surface area contributed by atoms with Crippen LogP contribution in [-0.2, 0) is 6.54 Å². The Morgan fingerprint density at radius 1 is 0.440 bits per heavy atom. The number of pyridine rings is 1. The van der Waals surface area contributed by atoms with E-state index in [-0.39, 0.29) is 0 Å². The molecule has 0 saturated carbocycles. The summed E-state index contributed by atoms with van der Waals surface area (Å²) < 4.78 is 4.68. The van der Waals surface area contributed by atoms with Crippen LogP contribution in [0.5, 0.6) is 0 Å². The molecular weight excluding hydrogens is 609 g/mol. The highest BCUT2D eigenvalue weighted by Crippen LogP contribution is 2.42. The van der Waals surface area contributed by atoms with E-state index in [1.54, 1.807) is 0 Å². The van der Waals surface area contributed by atoms with E-state index in [0.717, 1.165) is 67.8 Å². The van der Waals surface area contributed by atoms with Crippen LogP contribution in [0, 0.1) is 0 Å². The second-order valence-electron chi connectivity index (χ2n) is 12.9. The van der Waals surface area contributed by atoms with E-state index in [2.05, 4.69) is 180 Å². The van der Waals surface area contributed by atoms with Gasteiger partial charge in [-0.05, 0) is 66.6 Å². The standard InChI is InChI=1S/C46H32N4/c1-2-49-41-22-11-9-20-39(41)48-46(49)31-25-23-30(24-26-31)32-13-12-14-33(29-32)45-37-27-28-42-44(43(37)35-17-6-8-19-38(35)47-45)36-18-7-10-21-40(36)50(42)34-15-4-3-5-16-34/h3-29H,2H2,1H3. The van der Waals surface area contributed by atoms with Crippen molar-refractivity contribution >= 4 is 54.5 Å². The molecule has 0 radical (unpaired) electrons. The van der Waals surface area contributed by atoms with Crippen molar-refractivity contribution in [2.24, 2.45) is 0 Å². The number of para-hydroxylation sites is 5. The highest BCUT2D eigenvalue weighted by molar-refractivity contribution is 6.29. The van der Waals surface area contributed by atoms with Gasteiger partial charge in [0.15, 0.2) is 0 Å².